The van der Waals surface area contributed by atoms with Crippen molar-refractivity contribution < 1.29 is 18.0 Å². The molecule has 1 N–H and O–H groups in total. The van der Waals surface area contributed by atoms with Crippen LogP contribution < -0.4 is 5.32 Å². The molecule has 0 aliphatic carbocycles. The normalized spacial score (nSPS) is 11.1. The third kappa shape index (κ3) is 4.26. The molecular formula is C23H15F3N4O. The van der Waals surface area contributed by atoms with E-state index < -0.39 is 17.6 Å². The summed E-state index contributed by atoms with van der Waals surface area (Å²) in [5, 5.41) is 6.72. The van der Waals surface area contributed by atoms with Crippen LogP contribution in [0.4, 0.5) is 18.9 Å². The number of halogens is 3. The van der Waals surface area contributed by atoms with Gasteiger partial charge < -0.3 is 5.32 Å². The van der Waals surface area contributed by atoms with E-state index in [4.69, 9.17) is 0 Å². The predicted molar refractivity (Wildman–Crippen MR) is 110 cm³/mol. The van der Waals surface area contributed by atoms with E-state index in [1.165, 1.54) is 12.1 Å². The van der Waals surface area contributed by atoms with Crippen molar-refractivity contribution in [3.05, 3.63) is 94.9 Å². The number of amides is 1. The van der Waals surface area contributed by atoms with Gasteiger partial charge in [0.25, 0.3) is 5.91 Å². The molecule has 0 saturated heterocycles. The van der Waals surface area contributed by atoms with Gasteiger partial charge in [0.05, 0.1) is 11.8 Å². The number of benzene rings is 2. The molecule has 0 aliphatic heterocycles. The Kier molecular flexibility index (Phi) is 5.17. The van der Waals surface area contributed by atoms with Crippen molar-refractivity contribution in [1.82, 2.24) is 14.6 Å². The topological polar surface area (TPSA) is 59.3 Å². The van der Waals surface area contributed by atoms with Gasteiger partial charge in [0.1, 0.15) is 5.69 Å². The average molecular weight is 420 g/mol. The van der Waals surface area contributed by atoms with Crippen molar-refractivity contribution in [2.24, 2.45) is 0 Å². The minimum Gasteiger partial charge on any atom is -0.322 e. The van der Waals surface area contributed by atoms with Gasteiger partial charge >= 0.3 is 6.18 Å². The molecule has 0 radical (unpaired) electrons. The summed E-state index contributed by atoms with van der Waals surface area (Å²) in [5.74, 6) is 5.50. The van der Waals surface area contributed by atoms with E-state index in [1.807, 2.05) is 6.07 Å². The molecule has 0 unspecified atom stereocenters. The highest BCUT2D eigenvalue weighted by Gasteiger charge is 2.30. The molecule has 1 amide bonds. The zero-order valence-electron chi connectivity index (χ0n) is 16.2. The van der Waals surface area contributed by atoms with E-state index >= 15 is 0 Å². The molecule has 4 rings (SSSR count). The molecule has 0 saturated carbocycles. The zero-order chi connectivity index (χ0) is 22.0. The van der Waals surface area contributed by atoms with Crippen LogP contribution in [0.2, 0.25) is 0 Å². The third-order valence-corrected chi connectivity index (χ3v) is 4.63. The van der Waals surface area contributed by atoms with Crippen LogP contribution in [-0.2, 0) is 6.18 Å². The number of hydrogen-bond acceptors (Lipinski definition) is 3. The van der Waals surface area contributed by atoms with Gasteiger partial charge in [-0.15, -0.1) is 0 Å². The predicted octanol–water partition coefficient (Wildman–Crippen LogP) is 4.71. The minimum atomic E-state index is -4.49. The van der Waals surface area contributed by atoms with E-state index in [0.717, 1.165) is 12.1 Å². The lowest BCUT2D eigenvalue weighted by Crippen LogP contribution is -2.15. The van der Waals surface area contributed by atoms with Gasteiger partial charge in [0.2, 0.25) is 0 Å². The Balaban J connectivity index is 1.60. The molecule has 2 heterocycles. The van der Waals surface area contributed by atoms with Crippen LogP contribution in [0.15, 0.2) is 67.0 Å². The maximum absolute atomic E-state index is 12.9. The molecule has 0 spiro atoms. The minimum absolute atomic E-state index is 0.0625. The first-order valence-electron chi connectivity index (χ1n) is 9.22. The standard InChI is InChI=1S/C23H15F3N4O/c1-15-16(10-11-19-14-27-21-9-4-12-28-30(19)21)5-2-8-20(15)22(31)29-18-7-3-6-17(13-18)23(24,25)26/h2-9,12-14H,1H3,(H,29,31). The Labute approximate surface area is 175 Å². The highest BCUT2D eigenvalue weighted by molar-refractivity contribution is 6.05. The van der Waals surface area contributed by atoms with Crippen LogP contribution in [0.5, 0.6) is 0 Å². The summed E-state index contributed by atoms with van der Waals surface area (Å²) in [7, 11) is 0. The van der Waals surface area contributed by atoms with Gasteiger partial charge in [0, 0.05) is 23.0 Å². The average Bonchev–Trinajstić information content (AvgIpc) is 3.16. The lowest BCUT2D eigenvalue weighted by Gasteiger charge is -2.11. The van der Waals surface area contributed by atoms with Gasteiger partial charge in [-0.25, -0.2) is 9.50 Å². The number of carbonyl (C=O) groups excluding carboxylic acids is 1. The zero-order valence-corrected chi connectivity index (χ0v) is 16.2. The number of nitrogens with one attached hydrogen (secondary N) is 1. The molecule has 0 fully saturated rings. The highest BCUT2D eigenvalue weighted by Crippen LogP contribution is 2.30. The molecule has 8 heteroatoms. The first-order chi connectivity index (χ1) is 14.8. The first-order valence-corrected chi connectivity index (χ1v) is 9.22. The lowest BCUT2D eigenvalue weighted by atomic mass is 10.0. The number of rotatable bonds is 2. The van der Waals surface area contributed by atoms with Crippen LogP contribution in [0, 0.1) is 18.8 Å². The molecular weight excluding hydrogens is 405 g/mol. The van der Waals surface area contributed by atoms with Crippen molar-refractivity contribution in [3.8, 4) is 11.8 Å². The van der Waals surface area contributed by atoms with Crippen LogP contribution >= 0.6 is 0 Å². The number of hydrogen-bond donors (Lipinski definition) is 1. The smallest absolute Gasteiger partial charge is 0.322 e. The molecule has 2 aromatic heterocycles. The summed E-state index contributed by atoms with van der Waals surface area (Å²) in [6.45, 7) is 1.73. The van der Waals surface area contributed by atoms with Crippen molar-refractivity contribution in [1.29, 1.82) is 0 Å². The van der Waals surface area contributed by atoms with Crippen molar-refractivity contribution >= 4 is 17.2 Å². The Morgan fingerprint density at radius 2 is 1.87 bits per heavy atom. The fourth-order valence-corrected chi connectivity index (χ4v) is 3.03. The van der Waals surface area contributed by atoms with Gasteiger partial charge in [-0.3, -0.25) is 4.79 Å². The number of anilines is 1. The lowest BCUT2D eigenvalue weighted by molar-refractivity contribution is -0.137. The van der Waals surface area contributed by atoms with E-state index in [2.05, 4.69) is 27.2 Å². The summed E-state index contributed by atoms with van der Waals surface area (Å²) in [6.07, 6.45) is -1.25. The van der Waals surface area contributed by atoms with Crippen LogP contribution in [0.25, 0.3) is 5.65 Å². The number of carbonyl (C=O) groups is 1. The molecule has 154 valence electrons. The largest absolute Gasteiger partial charge is 0.416 e. The number of nitrogens with zero attached hydrogens (tertiary/aromatic N) is 3. The highest BCUT2D eigenvalue weighted by atomic mass is 19.4. The summed E-state index contributed by atoms with van der Waals surface area (Å²) in [5.41, 5.74) is 2.03. The third-order valence-electron chi connectivity index (χ3n) is 4.63. The number of imidazole rings is 1. The Bertz CT molecular complexity index is 1350. The fraction of sp³-hybridized carbons (Fsp3) is 0.0870. The summed E-state index contributed by atoms with van der Waals surface area (Å²) in [4.78, 5) is 16.9. The number of aromatic nitrogens is 3. The molecule has 5 nitrogen and oxygen atoms in total. The van der Waals surface area contributed by atoms with Crippen molar-refractivity contribution in [3.63, 3.8) is 0 Å². The van der Waals surface area contributed by atoms with E-state index in [9.17, 15) is 18.0 Å². The Morgan fingerprint density at radius 3 is 2.68 bits per heavy atom. The fourth-order valence-electron chi connectivity index (χ4n) is 3.03. The van der Waals surface area contributed by atoms with Crippen LogP contribution in [-0.4, -0.2) is 20.5 Å². The van der Waals surface area contributed by atoms with E-state index in [0.29, 0.717) is 28.0 Å². The van der Waals surface area contributed by atoms with Gasteiger partial charge in [-0.2, -0.15) is 18.3 Å². The number of alkyl halides is 3. The van der Waals surface area contributed by atoms with Crippen LogP contribution in [0.3, 0.4) is 0 Å². The Hall–Kier alpha value is -4.12. The van der Waals surface area contributed by atoms with Crippen molar-refractivity contribution in [2.45, 2.75) is 13.1 Å². The number of fused-ring (bicyclic) bond motifs is 1. The quantitative estimate of drug-likeness (QED) is 0.478. The van der Waals surface area contributed by atoms with Gasteiger partial charge in [-0.1, -0.05) is 18.1 Å². The Morgan fingerprint density at radius 1 is 1.06 bits per heavy atom. The van der Waals surface area contributed by atoms with E-state index in [1.54, 1.807) is 48.1 Å². The second-order valence-electron chi connectivity index (χ2n) is 6.70. The summed E-state index contributed by atoms with van der Waals surface area (Å²) >= 11 is 0. The SMILES string of the molecule is Cc1c(C#Cc2cnc3cccnn23)cccc1C(=O)Nc1cccc(C(F)(F)F)c1. The summed E-state index contributed by atoms with van der Waals surface area (Å²) < 4.78 is 40.3. The molecule has 0 bridgehead atoms. The summed E-state index contributed by atoms with van der Waals surface area (Å²) in [6, 6.07) is 13.1. The van der Waals surface area contributed by atoms with Crippen LogP contribution in [0.1, 0.15) is 32.7 Å². The second-order valence-corrected chi connectivity index (χ2v) is 6.70. The molecule has 0 aliphatic rings. The maximum Gasteiger partial charge on any atom is 0.416 e. The maximum atomic E-state index is 12.9. The van der Waals surface area contributed by atoms with Crippen molar-refractivity contribution in [2.75, 3.05) is 5.32 Å². The second kappa shape index (κ2) is 7.95. The molecule has 0 atom stereocenters. The first kappa shape index (κ1) is 20.2. The molecule has 2 aromatic carbocycles. The van der Waals surface area contributed by atoms with Gasteiger partial charge in [0.15, 0.2) is 5.65 Å². The monoisotopic (exact) mass is 420 g/mol. The molecule has 4 aromatic rings. The molecule has 31 heavy (non-hydrogen) atoms. The van der Waals surface area contributed by atoms with E-state index in [-0.39, 0.29) is 5.69 Å². The van der Waals surface area contributed by atoms with Gasteiger partial charge in [-0.05, 0) is 60.9 Å².